The molecule has 0 radical (unpaired) electrons. The number of aryl methyl sites for hydroxylation is 1. The monoisotopic (exact) mass is 206 g/mol. The predicted molar refractivity (Wildman–Crippen MR) is 39.3 cm³/mol. The minimum Gasteiger partial charge on any atom is -0.342 e. The number of anilines is 1. The molecule has 1 aromatic rings. The highest BCUT2D eigenvalue weighted by atomic mass is 16.8. The topological polar surface area (TPSA) is 172 Å². The van der Waals surface area contributed by atoms with Crippen LogP contribution in [0.2, 0.25) is 0 Å². The first-order chi connectivity index (χ1) is 6.41. The van der Waals surface area contributed by atoms with Gasteiger partial charge in [0.2, 0.25) is 0 Å². The Balaban J connectivity index is 0.000000241. The third kappa shape index (κ3) is 6.20. The van der Waals surface area contributed by atoms with Gasteiger partial charge in [0, 0.05) is 15.2 Å². The van der Waals surface area contributed by atoms with E-state index in [-0.39, 0.29) is 5.95 Å². The summed E-state index contributed by atoms with van der Waals surface area (Å²) in [4.78, 5) is 19.4. The van der Waals surface area contributed by atoms with Crippen molar-refractivity contribution in [1.29, 1.82) is 0 Å². The summed E-state index contributed by atoms with van der Waals surface area (Å²) in [5.74, 6) is 0.266. The van der Waals surface area contributed by atoms with Gasteiger partial charge in [-0.25, -0.2) is 0 Å². The fraction of sp³-hybridized carbons (Fsp3) is 0.500. The molecule has 0 aliphatic carbocycles. The highest BCUT2D eigenvalue weighted by molar-refractivity contribution is 5.04. The van der Waals surface area contributed by atoms with E-state index in [0.29, 0.717) is 0 Å². The first-order valence-corrected chi connectivity index (χ1v) is 2.96. The van der Waals surface area contributed by atoms with Gasteiger partial charge in [0.05, 0.1) is 5.10 Å². The van der Waals surface area contributed by atoms with Crippen LogP contribution in [0.15, 0.2) is 0 Å². The Kier molecular flexibility index (Phi) is 4.24. The number of nitro groups is 2. The fourth-order valence-electron chi connectivity index (χ4n) is 0.382. The number of nitrogens with two attached hydrogens (primary N) is 1. The second-order valence-corrected chi connectivity index (χ2v) is 1.76. The van der Waals surface area contributed by atoms with Crippen molar-refractivity contribution in [2.24, 2.45) is 7.05 Å². The first-order valence-electron chi connectivity index (χ1n) is 2.96. The summed E-state index contributed by atoms with van der Waals surface area (Å²) in [6, 6.07) is 0. The van der Waals surface area contributed by atoms with Crippen LogP contribution in [0.3, 0.4) is 0 Å². The molecule has 0 aromatic carbocycles. The van der Waals surface area contributed by atoms with Crippen molar-refractivity contribution in [3.05, 3.63) is 25.8 Å². The fourth-order valence-corrected chi connectivity index (χ4v) is 0.382. The quantitative estimate of drug-likeness (QED) is 0.318. The van der Waals surface area contributed by atoms with Gasteiger partial charge in [-0.15, -0.1) is 0 Å². The summed E-state index contributed by atoms with van der Waals surface area (Å²) in [6.45, 7) is 0. The summed E-state index contributed by atoms with van der Waals surface area (Å²) < 4.78 is 0. The molecule has 0 aliphatic heterocycles. The van der Waals surface area contributed by atoms with Gasteiger partial charge in [0.1, 0.15) is 7.05 Å². The highest BCUT2D eigenvalue weighted by Gasteiger charge is 1.97. The molecular formula is C2H6N8O4. The van der Waals surface area contributed by atoms with E-state index in [0.717, 1.165) is 0 Å². The smallest absolute Gasteiger partial charge is 0.342 e. The van der Waals surface area contributed by atoms with Crippen molar-refractivity contribution in [1.82, 2.24) is 15.4 Å². The van der Waals surface area contributed by atoms with Gasteiger partial charge in [-0.05, 0) is 10.7 Å². The van der Waals surface area contributed by atoms with Crippen molar-refractivity contribution in [2.75, 3.05) is 5.73 Å². The molecule has 0 unspecified atom stereocenters. The lowest BCUT2D eigenvalue weighted by molar-refractivity contribution is -0.783. The van der Waals surface area contributed by atoms with Gasteiger partial charge in [0.25, 0.3) is 0 Å². The zero-order valence-corrected chi connectivity index (χ0v) is 6.89. The van der Waals surface area contributed by atoms with E-state index >= 15 is 0 Å². The maximum Gasteiger partial charge on any atom is 0.398 e. The number of hydrogen-bond donors (Lipinski definition) is 2. The third-order valence-electron chi connectivity index (χ3n) is 0.708. The molecule has 3 N–H and O–H groups in total. The molecule has 0 saturated carbocycles. The van der Waals surface area contributed by atoms with Crippen molar-refractivity contribution in [3.63, 3.8) is 0 Å². The number of nitrogen functional groups attached to an aromatic ring is 1. The molecule has 0 fully saturated rings. The zero-order chi connectivity index (χ0) is 11.1. The van der Waals surface area contributed by atoms with Crippen LogP contribution in [0, 0.1) is 20.2 Å². The van der Waals surface area contributed by atoms with Gasteiger partial charge in [-0.2, -0.15) is 0 Å². The van der Waals surface area contributed by atoms with Crippen LogP contribution in [0.5, 0.6) is 0 Å². The van der Waals surface area contributed by atoms with Crippen molar-refractivity contribution in [2.45, 2.75) is 0 Å². The molecule has 14 heavy (non-hydrogen) atoms. The lowest BCUT2D eigenvalue weighted by atomic mass is 11.2. The molecule has 0 saturated heterocycles. The Bertz CT molecular complexity index is 290. The van der Waals surface area contributed by atoms with E-state index in [2.05, 4.69) is 15.4 Å². The Labute approximate surface area is 75.9 Å². The zero-order valence-electron chi connectivity index (χ0n) is 6.89. The van der Waals surface area contributed by atoms with Crippen LogP contribution >= 0.6 is 0 Å². The van der Waals surface area contributed by atoms with Crippen LogP contribution in [0.4, 0.5) is 5.95 Å². The summed E-state index contributed by atoms with van der Waals surface area (Å²) >= 11 is 0. The number of hydrogen-bond acceptors (Lipinski definition) is 7. The SMILES string of the molecule is C[n+]1nc(N)n[nH]1.O=[N+]([O-])[N-][N+](=O)[O-]. The van der Waals surface area contributed by atoms with Crippen LogP contribution in [0.25, 0.3) is 5.53 Å². The van der Waals surface area contributed by atoms with Gasteiger partial charge in [-0.1, -0.05) is 4.80 Å². The summed E-state index contributed by atoms with van der Waals surface area (Å²) in [5, 5.41) is 24.9. The van der Waals surface area contributed by atoms with Crippen molar-refractivity contribution in [3.8, 4) is 0 Å². The Morgan fingerprint density at radius 3 is 2.07 bits per heavy atom. The minimum atomic E-state index is -1.38. The van der Waals surface area contributed by atoms with E-state index in [4.69, 9.17) is 26.0 Å². The van der Waals surface area contributed by atoms with E-state index in [1.165, 1.54) is 4.80 Å². The average molecular weight is 206 g/mol. The number of aromatic amines is 1. The standard InChI is InChI=1S/C2H5N5.N3O4/c1-7-5-2(3)4-6-7;4-2(5)1-3(6)7/h1H3,(H2,3,5);/q;-1/p+1. The molecule has 0 atom stereocenters. The lowest BCUT2D eigenvalue weighted by Crippen LogP contribution is -2.33. The molecule has 1 heterocycles. The number of H-pyrrole nitrogens is 1. The maximum absolute atomic E-state index is 9.01. The van der Waals surface area contributed by atoms with E-state index in [1.807, 2.05) is 0 Å². The molecule has 12 nitrogen and oxygen atoms in total. The lowest BCUT2D eigenvalue weighted by Gasteiger charge is -1.92. The average Bonchev–Trinajstić information content (AvgIpc) is 2.32. The van der Waals surface area contributed by atoms with E-state index in [1.54, 1.807) is 12.6 Å². The number of aromatic nitrogens is 4. The Hall–Kier alpha value is -2.53. The van der Waals surface area contributed by atoms with Crippen LogP contribution < -0.4 is 10.5 Å². The van der Waals surface area contributed by atoms with Crippen LogP contribution in [-0.2, 0) is 7.05 Å². The summed E-state index contributed by atoms with van der Waals surface area (Å²) in [6.07, 6.45) is 0. The number of nitrogens with one attached hydrogen (secondary N) is 1. The van der Waals surface area contributed by atoms with Crippen LogP contribution in [-0.4, -0.2) is 25.5 Å². The molecular weight excluding hydrogens is 200 g/mol. The summed E-state index contributed by atoms with van der Waals surface area (Å²) in [5.41, 5.74) is 6.83. The van der Waals surface area contributed by atoms with Gasteiger partial charge in [0.15, 0.2) is 0 Å². The van der Waals surface area contributed by atoms with E-state index in [9.17, 15) is 0 Å². The number of tetrazole rings is 1. The molecule has 1 aromatic heterocycles. The predicted octanol–water partition coefficient (Wildman–Crippen LogP) is -2.05. The Morgan fingerprint density at radius 1 is 1.50 bits per heavy atom. The summed E-state index contributed by atoms with van der Waals surface area (Å²) in [7, 11) is 1.71. The Morgan fingerprint density at radius 2 is 2.00 bits per heavy atom. The minimum absolute atomic E-state index is 0.266. The largest absolute Gasteiger partial charge is 0.398 e. The second-order valence-electron chi connectivity index (χ2n) is 1.76. The molecule has 0 amide bonds. The molecule has 12 heteroatoms. The highest BCUT2D eigenvalue weighted by Crippen LogP contribution is 1.82. The van der Waals surface area contributed by atoms with E-state index < -0.39 is 10.1 Å². The molecule has 0 aliphatic rings. The normalized spacial score (nSPS) is 8.36. The van der Waals surface area contributed by atoms with Crippen molar-refractivity contribution >= 4 is 5.95 Å². The number of nitrogens with zero attached hydrogens (tertiary/aromatic N) is 6. The first kappa shape index (κ1) is 11.5. The number of rotatable bonds is 2. The second kappa shape index (κ2) is 5.18. The van der Waals surface area contributed by atoms with Gasteiger partial charge >= 0.3 is 5.95 Å². The molecule has 1 rings (SSSR count). The van der Waals surface area contributed by atoms with Gasteiger partial charge < -0.3 is 5.73 Å². The van der Waals surface area contributed by atoms with Crippen molar-refractivity contribution < 1.29 is 14.9 Å². The molecule has 0 spiro atoms. The molecule has 78 valence electrons. The molecule has 0 bridgehead atoms. The van der Waals surface area contributed by atoms with Crippen LogP contribution in [0.1, 0.15) is 0 Å². The third-order valence-corrected chi connectivity index (χ3v) is 0.708. The maximum atomic E-state index is 9.01. The van der Waals surface area contributed by atoms with Gasteiger partial charge in [-0.3, -0.25) is 20.2 Å².